The lowest BCUT2D eigenvalue weighted by molar-refractivity contribution is -0.127. The number of nitrogens with zero attached hydrogens (tertiary/aromatic N) is 2. The number of benzene rings is 2. The minimum absolute atomic E-state index is 0.0650. The van der Waals surface area contributed by atoms with Crippen molar-refractivity contribution in [3.05, 3.63) is 47.2 Å². The van der Waals surface area contributed by atoms with Crippen LogP contribution in [0.25, 0.3) is 11.1 Å². The molecule has 0 bridgehead atoms. The van der Waals surface area contributed by atoms with Crippen molar-refractivity contribution in [1.82, 2.24) is 10.2 Å². The number of hydrogen-bond donors (Lipinski definition) is 2. The van der Waals surface area contributed by atoms with Crippen molar-refractivity contribution < 1.29 is 17.6 Å². The molecule has 0 radical (unpaired) electrons. The van der Waals surface area contributed by atoms with Crippen LogP contribution in [0, 0.1) is 5.82 Å². The van der Waals surface area contributed by atoms with Gasteiger partial charge in [-0.25, -0.2) is 4.39 Å². The van der Waals surface area contributed by atoms with Crippen LogP contribution in [0.5, 0.6) is 0 Å². The van der Waals surface area contributed by atoms with E-state index in [-0.39, 0.29) is 34.0 Å². The summed E-state index contributed by atoms with van der Waals surface area (Å²) in [6.45, 7) is -0.146. The molecular weight excluding hydrogens is 395 g/mol. The number of sulfonamides is 1. The Hall–Kier alpha value is -2.65. The lowest BCUT2D eigenvalue weighted by atomic mass is 10.0. The molecule has 142 valence electrons. The quantitative estimate of drug-likeness (QED) is 0.810. The maximum absolute atomic E-state index is 13.9. The van der Waals surface area contributed by atoms with Crippen LogP contribution in [-0.4, -0.2) is 45.8 Å². The number of para-hydroxylation sites is 1. The number of guanidine groups is 1. The van der Waals surface area contributed by atoms with E-state index in [0.717, 1.165) is 0 Å². The van der Waals surface area contributed by atoms with E-state index >= 15 is 0 Å². The normalized spacial score (nSPS) is 14.6. The van der Waals surface area contributed by atoms with Crippen LogP contribution < -0.4 is 10.6 Å². The molecule has 0 saturated heterocycles. The second kappa shape index (κ2) is 7.16. The van der Waals surface area contributed by atoms with Crippen molar-refractivity contribution >= 4 is 39.2 Å². The molecule has 0 aromatic heterocycles. The number of amides is 1. The molecule has 1 heterocycles. The van der Waals surface area contributed by atoms with Crippen molar-refractivity contribution in [2.45, 2.75) is 4.90 Å². The van der Waals surface area contributed by atoms with Gasteiger partial charge >= 0.3 is 0 Å². The molecule has 0 aliphatic carbocycles. The molecule has 2 N–H and O–H groups in total. The average Bonchev–Trinajstić information content (AvgIpc) is 2.61. The zero-order chi connectivity index (χ0) is 19.8. The molecule has 7 nitrogen and oxygen atoms in total. The number of likely N-dealkylation sites (N-methyl/N-ethyl adjacent to an activating group) is 1. The number of anilines is 1. The van der Waals surface area contributed by atoms with Gasteiger partial charge in [-0.05, 0) is 12.1 Å². The van der Waals surface area contributed by atoms with Gasteiger partial charge < -0.3 is 15.5 Å². The highest BCUT2D eigenvalue weighted by atomic mass is 35.5. The van der Waals surface area contributed by atoms with E-state index in [2.05, 4.69) is 15.0 Å². The molecule has 1 aliphatic rings. The van der Waals surface area contributed by atoms with E-state index in [1.54, 1.807) is 26.2 Å². The fourth-order valence-corrected chi connectivity index (χ4v) is 3.86. The summed E-state index contributed by atoms with van der Waals surface area (Å²) < 4.78 is 42.6. The number of carbonyl (C=O) groups is 1. The second-order valence-corrected chi connectivity index (χ2v) is 7.91. The highest BCUT2D eigenvalue weighted by Crippen LogP contribution is 2.39. The fraction of sp³-hybridized carbons (Fsp3) is 0.176. The number of rotatable bonds is 3. The summed E-state index contributed by atoms with van der Waals surface area (Å²) in [5.74, 6) is -0.976. The first-order chi connectivity index (χ1) is 12.7. The first-order valence-corrected chi connectivity index (χ1v) is 9.66. The second-order valence-electron chi connectivity index (χ2n) is 5.96. The van der Waals surface area contributed by atoms with Gasteiger partial charge in [-0.3, -0.25) is 4.79 Å². The zero-order valence-electron chi connectivity index (χ0n) is 14.5. The van der Waals surface area contributed by atoms with Crippen LogP contribution in [0.1, 0.15) is 0 Å². The molecular formula is C17H16ClFN4O3S. The van der Waals surface area contributed by atoms with E-state index in [1.807, 2.05) is 0 Å². The molecule has 10 heteroatoms. The fourth-order valence-electron chi connectivity index (χ4n) is 2.52. The summed E-state index contributed by atoms with van der Waals surface area (Å²) in [5, 5.41) is 5.41. The minimum Gasteiger partial charge on any atom is -0.347 e. The minimum atomic E-state index is -4.01. The predicted octanol–water partition coefficient (Wildman–Crippen LogP) is 2.29. The lowest BCUT2D eigenvalue weighted by Gasteiger charge is -2.22. The first kappa shape index (κ1) is 19.1. The molecule has 27 heavy (non-hydrogen) atoms. The predicted molar refractivity (Wildman–Crippen MR) is 102 cm³/mol. The molecule has 0 saturated carbocycles. The number of hydrogen-bond acceptors (Lipinski definition) is 5. The summed E-state index contributed by atoms with van der Waals surface area (Å²) in [6, 6.07) is 8.82. The lowest BCUT2D eigenvalue weighted by Crippen LogP contribution is -2.41. The Labute approximate surface area is 160 Å². The van der Waals surface area contributed by atoms with Crippen molar-refractivity contribution in [3.8, 4) is 11.1 Å². The van der Waals surface area contributed by atoms with Crippen molar-refractivity contribution in [1.29, 1.82) is 0 Å². The summed E-state index contributed by atoms with van der Waals surface area (Å²) >= 11 is 6.07. The highest BCUT2D eigenvalue weighted by molar-refractivity contribution is 7.90. The SMILES string of the molecule is CN(C)C(=O)CNC1=NS(=O)(=O)c2cccc(-c3cccc(F)c3Cl)c2N1. The van der Waals surface area contributed by atoms with Gasteiger partial charge in [-0.15, -0.1) is 4.40 Å². The van der Waals surface area contributed by atoms with E-state index < -0.39 is 15.8 Å². The van der Waals surface area contributed by atoms with Crippen molar-refractivity contribution in [2.75, 3.05) is 26.0 Å². The maximum atomic E-state index is 13.9. The van der Waals surface area contributed by atoms with E-state index in [0.29, 0.717) is 11.1 Å². The van der Waals surface area contributed by atoms with Gasteiger partial charge in [0, 0.05) is 25.2 Å². The van der Waals surface area contributed by atoms with Crippen LogP contribution in [0.3, 0.4) is 0 Å². The topological polar surface area (TPSA) is 90.9 Å². The first-order valence-electron chi connectivity index (χ1n) is 7.84. The molecule has 1 amide bonds. The molecule has 2 aromatic carbocycles. The van der Waals surface area contributed by atoms with Gasteiger partial charge in [-0.2, -0.15) is 8.42 Å². The Kier molecular flexibility index (Phi) is 5.07. The summed E-state index contributed by atoms with van der Waals surface area (Å²) in [4.78, 5) is 13.0. The largest absolute Gasteiger partial charge is 0.347 e. The van der Waals surface area contributed by atoms with Gasteiger partial charge in [-0.1, -0.05) is 35.9 Å². The van der Waals surface area contributed by atoms with Crippen LogP contribution >= 0.6 is 11.6 Å². The summed E-state index contributed by atoms with van der Waals surface area (Å²) in [5.41, 5.74) is 0.940. The summed E-state index contributed by atoms with van der Waals surface area (Å²) in [6.07, 6.45) is 0. The number of carbonyl (C=O) groups excluding carboxylic acids is 1. The monoisotopic (exact) mass is 410 g/mol. The van der Waals surface area contributed by atoms with E-state index in [1.165, 1.54) is 29.2 Å². The average molecular weight is 411 g/mol. The third-order valence-electron chi connectivity index (χ3n) is 3.91. The standard InChI is InChI=1S/C17H16ClFN4O3S/c1-23(2)14(24)9-20-17-21-16-11(10-5-3-7-12(19)15(10)18)6-4-8-13(16)27(25,26)22-17/h3-8H,9H2,1-2H3,(H2,20,21,22). The Morgan fingerprint density at radius 2 is 1.89 bits per heavy atom. The van der Waals surface area contributed by atoms with Gasteiger partial charge in [0.15, 0.2) is 0 Å². The van der Waals surface area contributed by atoms with Crippen molar-refractivity contribution in [2.24, 2.45) is 4.40 Å². The van der Waals surface area contributed by atoms with Crippen molar-refractivity contribution in [3.63, 3.8) is 0 Å². The Bertz CT molecular complexity index is 1050. The van der Waals surface area contributed by atoms with E-state index in [9.17, 15) is 17.6 Å². The van der Waals surface area contributed by atoms with Gasteiger partial charge in [0.05, 0.1) is 17.3 Å². The van der Waals surface area contributed by atoms with Crippen LogP contribution in [-0.2, 0) is 14.8 Å². The van der Waals surface area contributed by atoms with Gasteiger partial charge in [0.1, 0.15) is 10.7 Å². The van der Waals surface area contributed by atoms with Gasteiger partial charge in [0.25, 0.3) is 10.0 Å². The maximum Gasteiger partial charge on any atom is 0.287 e. The Balaban J connectivity index is 2.04. The molecule has 2 aromatic rings. The number of halogens is 2. The molecule has 0 spiro atoms. The smallest absolute Gasteiger partial charge is 0.287 e. The zero-order valence-corrected chi connectivity index (χ0v) is 16.0. The third-order valence-corrected chi connectivity index (χ3v) is 5.61. The highest BCUT2D eigenvalue weighted by Gasteiger charge is 2.28. The van der Waals surface area contributed by atoms with Gasteiger partial charge in [0.2, 0.25) is 11.9 Å². The number of fused-ring (bicyclic) bond motifs is 1. The Morgan fingerprint density at radius 3 is 2.59 bits per heavy atom. The van der Waals surface area contributed by atoms with Crippen LogP contribution in [0.15, 0.2) is 45.7 Å². The van der Waals surface area contributed by atoms with Crippen LogP contribution in [0.4, 0.5) is 10.1 Å². The Morgan fingerprint density at radius 1 is 1.22 bits per heavy atom. The van der Waals surface area contributed by atoms with Crippen LogP contribution in [0.2, 0.25) is 5.02 Å². The molecule has 0 unspecified atom stereocenters. The number of nitrogens with one attached hydrogen (secondary N) is 2. The molecule has 0 fully saturated rings. The molecule has 1 aliphatic heterocycles. The molecule has 3 rings (SSSR count). The third kappa shape index (κ3) is 3.74. The molecule has 0 atom stereocenters. The summed E-state index contributed by atoms with van der Waals surface area (Å²) in [7, 11) is -0.852. The van der Waals surface area contributed by atoms with E-state index in [4.69, 9.17) is 11.6 Å².